The minimum atomic E-state index is -0.813. The first-order chi connectivity index (χ1) is 17.4. The molecule has 1 aromatic heterocycles. The van der Waals surface area contributed by atoms with Gasteiger partial charge in [0.15, 0.2) is 0 Å². The van der Waals surface area contributed by atoms with Crippen molar-refractivity contribution in [3.63, 3.8) is 0 Å². The summed E-state index contributed by atoms with van der Waals surface area (Å²) in [7, 11) is 0. The summed E-state index contributed by atoms with van der Waals surface area (Å²) < 4.78 is 16.6. The topological polar surface area (TPSA) is 71.8 Å². The third-order valence-corrected chi connectivity index (χ3v) is 7.07. The van der Waals surface area contributed by atoms with Crippen LogP contribution in [0, 0.1) is 5.82 Å². The van der Waals surface area contributed by atoms with Crippen LogP contribution in [0.5, 0.6) is 0 Å². The summed E-state index contributed by atoms with van der Waals surface area (Å²) in [5.41, 5.74) is 2.85. The van der Waals surface area contributed by atoms with Crippen LogP contribution in [0.15, 0.2) is 89.2 Å². The molecule has 36 heavy (non-hydrogen) atoms. The number of hydrogen-bond acceptors (Lipinski definition) is 5. The lowest BCUT2D eigenvalue weighted by molar-refractivity contribution is -0.113. The molecule has 2 heterocycles. The molecule has 2 N–H and O–H groups in total. The van der Waals surface area contributed by atoms with Crippen molar-refractivity contribution in [1.29, 1.82) is 0 Å². The number of carbonyl (C=O) groups is 1. The predicted octanol–water partition coefficient (Wildman–Crippen LogP) is 6.94. The van der Waals surface area contributed by atoms with Crippen molar-refractivity contribution in [3.05, 3.63) is 111 Å². The van der Waals surface area contributed by atoms with Gasteiger partial charge in [0.05, 0.1) is 5.57 Å². The highest BCUT2D eigenvalue weighted by molar-refractivity contribution is 7.98. The highest BCUT2D eigenvalue weighted by atomic mass is 35.5. The maximum Gasteiger partial charge on any atom is 0.255 e. The Labute approximate surface area is 221 Å². The molecule has 4 aromatic rings. The van der Waals surface area contributed by atoms with E-state index in [0.29, 0.717) is 49.4 Å². The van der Waals surface area contributed by atoms with Gasteiger partial charge >= 0.3 is 0 Å². The number of anilines is 2. The maximum absolute atomic E-state index is 15.0. The fourth-order valence-electron chi connectivity index (χ4n) is 3.93. The van der Waals surface area contributed by atoms with Gasteiger partial charge in [0.2, 0.25) is 11.1 Å². The fourth-order valence-corrected chi connectivity index (χ4v) is 4.97. The Morgan fingerprint density at radius 2 is 1.72 bits per heavy atom. The van der Waals surface area contributed by atoms with Crippen LogP contribution in [0.4, 0.5) is 16.0 Å². The zero-order chi connectivity index (χ0) is 25.2. The minimum absolute atomic E-state index is 0.319. The van der Waals surface area contributed by atoms with Crippen molar-refractivity contribution in [1.82, 2.24) is 14.8 Å². The maximum atomic E-state index is 15.0. The molecule has 10 heteroatoms. The Kier molecular flexibility index (Phi) is 7.00. The summed E-state index contributed by atoms with van der Waals surface area (Å²) in [5, 5.41) is 12.4. The van der Waals surface area contributed by atoms with Crippen LogP contribution in [-0.4, -0.2) is 20.7 Å². The molecule has 0 fully saturated rings. The van der Waals surface area contributed by atoms with E-state index in [0.717, 1.165) is 5.56 Å². The molecular formula is C26H20Cl2FN5OS. The zero-order valence-electron chi connectivity index (χ0n) is 19.0. The number of nitrogens with zero attached hydrogens (tertiary/aromatic N) is 3. The number of carbonyl (C=O) groups excluding carboxylic acids is 1. The van der Waals surface area contributed by atoms with Crippen LogP contribution in [0.2, 0.25) is 10.0 Å². The van der Waals surface area contributed by atoms with Gasteiger partial charge in [0.25, 0.3) is 5.91 Å². The van der Waals surface area contributed by atoms with Gasteiger partial charge in [-0.1, -0.05) is 65.3 Å². The van der Waals surface area contributed by atoms with Crippen LogP contribution in [0.1, 0.15) is 24.1 Å². The van der Waals surface area contributed by atoms with Crippen molar-refractivity contribution < 1.29 is 9.18 Å². The lowest BCUT2D eigenvalue weighted by Gasteiger charge is -2.28. The molecule has 0 aliphatic carbocycles. The number of nitrogens with one attached hydrogen (secondary N) is 2. The normalized spacial score (nSPS) is 14.8. The second kappa shape index (κ2) is 10.3. The van der Waals surface area contributed by atoms with Crippen LogP contribution in [0.25, 0.3) is 0 Å². The number of thioether (sulfide) groups is 1. The fraction of sp³-hybridized carbons (Fsp3) is 0.115. The molecule has 1 aliphatic heterocycles. The average Bonchev–Trinajstić information content (AvgIpc) is 3.27. The molecule has 0 spiro atoms. The van der Waals surface area contributed by atoms with E-state index in [4.69, 9.17) is 23.2 Å². The summed E-state index contributed by atoms with van der Waals surface area (Å²) in [6.07, 6.45) is 0. The van der Waals surface area contributed by atoms with Crippen molar-refractivity contribution in [2.45, 2.75) is 23.9 Å². The lowest BCUT2D eigenvalue weighted by Crippen LogP contribution is -2.32. The Balaban J connectivity index is 1.49. The monoisotopic (exact) mass is 539 g/mol. The molecule has 0 bridgehead atoms. The smallest absolute Gasteiger partial charge is 0.255 e. The molecule has 0 saturated carbocycles. The number of hydrogen-bond donors (Lipinski definition) is 2. The van der Waals surface area contributed by atoms with E-state index in [1.807, 2.05) is 24.3 Å². The van der Waals surface area contributed by atoms with Gasteiger partial charge in [-0.15, -0.1) is 5.10 Å². The second-order valence-electron chi connectivity index (χ2n) is 8.13. The molecule has 0 radical (unpaired) electrons. The Hall–Kier alpha value is -3.33. The highest BCUT2D eigenvalue weighted by Crippen LogP contribution is 2.38. The molecule has 1 aliphatic rings. The Morgan fingerprint density at radius 3 is 2.42 bits per heavy atom. The predicted molar refractivity (Wildman–Crippen MR) is 142 cm³/mol. The van der Waals surface area contributed by atoms with Gasteiger partial charge in [-0.05, 0) is 55.0 Å². The van der Waals surface area contributed by atoms with Crippen LogP contribution >= 0.6 is 35.0 Å². The van der Waals surface area contributed by atoms with E-state index in [1.54, 1.807) is 54.1 Å². The highest BCUT2D eigenvalue weighted by Gasteiger charge is 2.35. The number of amides is 1. The van der Waals surface area contributed by atoms with Gasteiger partial charge in [-0.2, -0.15) is 4.98 Å². The Bertz CT molecular complexity index is 1450. The van der Waals surface area contributed by atoms with E-state index < -0.39 is 11.9 Å². The van der Waals surface area contributed by atoms with Crippen LogP contribution < -0.4 is 10.6 Å². The van der Waals surface area contributed by atoms with E-state index in [-0.39, 0.29) is 5.91 Å². The molecular weight excluding hydrogens is 520 g/mol. The van der Waals surface area contributed by atoms with Crippen molar-refractivity contribution in [2.75, 3.05) is 10.6 Å². The number of aromatic nitrogens is 3. The van der Waals surface area contributed by atoms with Crippen LogP contribution in [0.3, 0.4) is 0 Å². The molecule has 3 aromatic carbocycles. The summed E-state index contributed by atoms with van der Waals surface area (Å²) in [5.74, 6) is 0.238. The largest absolute Gasteiger partial charge is 0.328 e. The molecule has 0 unspecified atom stereocenters. The number of halogens is 3. The number of allylic oxidation sites excluding steroid dienone is 1. The number of rotatable bonds is 6. The van der Waals surface area contributed by atoms with Gasteiger partial charge in [-0.25, -0.2) is 9.07 Å². The van der Waals surface area contributed by atoms with Crippen molar-refractivity contribution >= 4 is 52.5 Å². The zero-order valence-corrected chi connectivity index (χ0v) is 21.3. The SMILES string of the molecule is CC1=C(C(=O)Nc2ccc(Cl)cc2)[C@@H](c2ccccc2F)n2nc(SCc3ccc(Cl)cc3)nc2N1. The average molecular weight is 540 g/mol. The quantitative estimate of drug-likeness (QED) is 0.259. The summed E-state index contributed by atoms with van der Waals surface area (Å²) in [4.78, 5) is 18.1. The van der Waals surface area contributed by atoms with Gasteiger partial charge in [0, 0.05) is 32.7 Å². The molecule has 1 atom stereocenters. The summed E-state index contributed by atoms with van der Waals surface area (Å²) in [6.45, 7) is 1.77. The molecule has 6 nitrogen and oxygen atoms in total. The first kappa shape index (κ1) is 24.4. The van der Waals surface area contributed by atoms with Crippen molar-refractivity contribution in [3.8, 4) is 0 Å². The van der Waals surface area contributed by atoms with Crippen LogP contribution in [-0.2, 0) is 10.5 Å². The van der Waals surface area contributed by atoms with Gasteiger partial charge in [0.1, 0.15) is 11.9 Å². The van der Waals surface area contributed by atoms with Crippen molar-refractivity contribution in [2.24, 2.45) is 0 Å². The second-order valence-corrected chi connectivity index (χ2v) is 9.94. The van der Waals surface area contributed by atoms with E-state index in [2.05, 4.69) is 20.7 Å². The molecule has 182 valence electrons. The lowest BCUT2D eigenvalue weighted by atomic mass is 9.94. The molecule has 0 saturated heterocycles. The standard InChI is InChI=1S/C26H20Cl2FN5OS/c1-15-22(24(35)31-19-12-10-18(28)11-13-19)23(20-4-2-3-5-21(20)29)34-25(30-15)32-26(33-34)36-14-16-6-8-17(27)9-7-16/h2-13,23H,14H2,1H3,(H,31,35)(H,30,32,33)/t23-/m1/s1. The molecule has 1 amide bonds. The number of benzene rings is 3. The first-order valence-electron chi connectivity index (χ1n) is 11.0. The van der Waals surface area contributed by atoms with E-state index >= 15 is 4.39 Å². The Morgan fingerprint density at radius 1 is 1.06 bits per heavy atom. The van der Waals surface area contributed by atoms with Gasteiger partial charge < -0.3 is 10.6 Å². The number of fused-ring (bicyclic) bond motifs is 1. The van der Waals surface area contributed by atoms with E-state index in [1.165, 1.54) is 17.8 Å². The van der Waals surface area contributed by atoms with E-state index in [9.17, 15) is 4.79 Å². The molecule has 5 rings (SSSR count). The third-order valence-electron chi connectivity index (χ3n) is 5.66. The minimum Gasteiger partial charge on any atom is -0.328 e. The first-order valence-corrected chi connectivity index (χ1v) is 12.8. The summed E-state index contributed by atoms with van der Waals surface area (Å²) >= 11 is 13.4. The summed E-state index contributed by atoms with van der Waals surface area (Å²) in [6, 6.07) is 19.9. The third kappa shape index (κ3) is 5.11. The van der Waals surface area contributed by atoms with Gasteiger partial charge in [-0.3, -0.25) is 4.79 Å².